The zero-order valence-corrected chi connectivity index (χ0v) is 15.9. The minimum Gasteiger partial charge on any atom is -0.478 e. The van der Waals surface area contributed by atoms with E-state index in [9.17, 15) is 30.7 Å². The zero-order valence-electron chi connectivity index (χ0n) is 15.9. The third-order valence-corrected chi connectivity index (χ3v) is 4.09. The Morgan fingerprint density at radius 1 is 0.935 bits per heavy atom. The number of nitrogen functional groups attached to an aromatic ring is 1. The van der Waals surface area contributed by atoms with Crippen LogP contribution in [0.5, 0.6) is 5.75 Å². The van der Waals surface area contributed by atoms with E-state index >= 15 is 0 Å². The largest absolute Gasteiger partial charge is 0.478 e. The molecule has 2 aromatic heterocycles. The Bertz CT molecular complexity index is 1090. The molecule has 166 valence electrons. The molecule has 31 heavy (non-hydrogen) atoms. The molecule has 13 heteroatoms. The first kappa shape index (κ1) is 22.3. The van der Waals surface area contributed by atoms with E-state index in [-0.39, 0.29) is 22.8 Å². The average Bonchev–Trinajstić information content (AvgIpc) is 3.01. The summed E-state index contributed by atoms with van der Waals surface area (Å²) >= 11 is 0. The van der Waals surface area contributed by atoms with E-state index in [1.165, 1.54) is 6.07 Å². The predicted octanol–water partition coefficient (Wildman–Crippen LogP) is 4.79. The number of nitrogens with two attached hydrogens (primary N) is 1. The van der Waals surface area contributed by atoms with Gasteiger partial charge >= 0.3 is 12.4 Å². The molecule has 0 atom stereocenters. The minimum atomic E-state index is -4.76. The van der Waals surface area contributed by atoms with Crippen LogP contribution in [-0.4, -0.2) is 31.5 Å². The average molecular weight is 449 g/mol. The maximum Gasteiger partial charge on any atom is 0.451 e. The van der Waals surface area contributed by atoms with Gasteiger partial charge in [0.2, 0.25) is 5.82 Å². The maximum absolute atomic E-state index is 14.1. The van der Waals surface area contributed by atoms with Gasteiger partial charge in [0.25, 0.3) is 0 Å². The lowest BCUT2D eigenvalue weighted by Crippen LogP contribution is -2.44. The fraction of sp³-hybridized carbons (Fsp3) is 0.278. The fourth-order valence-electron chi connectivity index (χ4n) is 2.50. The molecule has 6 nitrogen and oxygen atoms in total. The molecular weight excluding hydrogens is 435 g/mol. The lowest BCUT2D eigenvalue weighted by atomic mass is 10.1. The van der Waals surface area contributed by atoms with E-state index in [1.54, 1.807) is 0 Å². The number of nitrogens with zero attached hydrogens (tertiary/aromatic N) is 4. The normalized spacial score (nSPS) is 12.8. The number of hydrogen-bond acceptors (Lipinski definition) is 5. The Balaban J connectivity index is 2.04. The predicted molar refractivity (Wildman–Crippen MR) is 94.7 cm³/mol. The molecule has 0 amide bonds. The topological polar surface area (TPSA) is 78.9 Å². The molecule has 2 N–H and O–H groups in total. The molecule has 2 heterocycles. The van der Waals surface area contributed by atoms with Gasteiger partial charge in [-0.2, -0.15) is 26.3 Å². The third-order valence-electron chi connectivity index (χ3n) is 4.09. The van der Waals surface area contributed by atoms with Gasteiger partial charge in [0.1, 0.15) is 23.1 Å². The summed E-state index contributed by atoms with van der Waals surface area (Å²) in [5.74, 6) is -2.81. The highest BCUT2D eigenvalue weighted by atomic mass is 19.4. The summed E-state index contributed by atoms with van der Waals surface area (Å²) in [6, 6.07) is 4.12. The second kappa shape index (κ2) is 7.39. The van der Waals surface area contributed by atoms with Crippen LogP contribution in [0, 0.1) is 5.82 Å². The van der Waals surface area contributed by atoms with Crippen molar-refractivity contribution in [2.75, 3.05) is 5.73 Å². The van der Waals surface area contributed by atoms with Crippen LogP contribution in [0.25, 0.3) is 16.9 Å². The van der Waals surface area contributed by atoms with Gasteiger partial charge in [-0.25, -0.2) is 19.0 Å². The first-order valence-electron chi connectivity index (χ1n) is 8.49. The lowest BCUT2D eigenvalue weighted by Gasteiger charge is -2.29. The molecule has 0 bridgehead atoms. The summed E-state index contributed by atoms with van der Waals surface area (Å²) in [7, 11) is 0. The Morgan fingerprint density at radius 3 is 2.10 bits per heavy atom. The molecule has 0 aliphatic heterocycles. The van der Waals surface area contributed by atoms with Gasteiger partial charge in [-0.3, -0.25) is 0 Å². The molecule has 0 aliphatic carbocycles. The van der Waals surface area contributed by atoms with Gasteiger partial charge in [0.05, 0.1) is 18.1 Å². The van der Waals surface area contributed by atoms with Crippen LogP contribution in [0.4, 0.5) is 36.6 Å². The first-order chi connectivity index (χ1) is 14.2. The molecule has 0 fully saturated rings. The smallest absolute Gasteiger partial charge is 0.451 e. The van der Waals surface area contributed by atoms with Crippen LogP contribution in [0.1, 0.15) is 19.7 Å². The second-order valence-electron chi connectivity index (χ2n) is 6.91. The van der Waals surface area contributed by atoms with Gasteiger partial charge in [-0.15, -0.1) is 5.10 Å². The molecule has 1 aromatic carbocycles. The van der Waals surface area contributed by atoms with E-state index in [1.807, 2.05) is 0 Å². The van der Waals surface area contributed by atoms with Crippen LogP contribution in [0.3, 0.4) is 0 Å². The van der Waals surface area contributed by atoms with Gasteiger partial charge in [0.15, 0.2) is 5.60 Å². The number of halogens is 7. The van der Waals surface area contributed by atoms with Crippen molar-refractivity contribution >= 4 is 5.82 Å². The molecule has 0 aliphatic rings. The highest BCUT2D eigenvalue weighted by Gasteiger charge is 2.50. The SMILES string of the molecule is CC(C)(Oc1cc(F)cc(-c2cc(N)nn2-c2cnc(C(F)(F)F)nc2)c1)C(F)(F)F. The number of benzene rings is 1. The van der Waals surface area contributed by atoms with Gasteiger partial charge in [-0.05, 0) is 26.0 Å². The van der Waals surface area contributed by atoms with Gasteiger partial charge in [0, 0.05) is 17.7 Å². The molecule has 0 spiro atoms. The summed E-state index contributed by atoms with van der Waals surface area (Å²) in [5, 5.41) is 3.91. The maximum atomic E-state index is 14.1. The van der Waals surface area contributed by atoms with Crippen molar-refractivity contribution in [2.45, 2.75) is 31.8 Å². The summed E-state index contributed by atoms with van der Waals surface area (Å²) in [6.07, 6.45) is -7.84. The quantitative estimate of drug-likeness (QED) is 0.580. The van der Waals surface area contributed by atoms with Crippen molar-refractivity contribution in [2.24, 2.45) is 0 Å². The number of anilines is 1. The van der Waals surface area contributed by atoms with E-state index in [0.717, 1.165) is 49.1 Å². The van der Waals surface area contributed by atoms with Gasteiger partial charge in [-0.1, -0.05) is 0 Å². The Labute approximate surface area is 170 Å². The summed E-state index contributed by atoms with van der Waals surface area (Å²) in [4.78, 5) is 6.44. The lowest BCUT2D eigenvalue weighted by molar-refractivity contribution is -0.234. The molecule has 3 aromatic rings. The Morgan fingerprint density at radius 2 is 1.55 bits per heavy atom. The molecule has 0 saturated carbocycles. The van der Waals surface area contributed by atoms with Crippen LogP contribution in [-0.2, 0) is 6.18 Å². The van der Waals surface area contributed by atoms with Crippen molar-refractivity contribution in [3.63, 3.8) is 0 Å². The van der Waals surface area contributed by atoms with Crippen LogP contribution in [0.15, 0.2) is 36.7 Å². The van der Waals surface area contributed by atoms with E-state index in [0.29, 0.717) is 0 Å². The highest BCUT2D eigenvalue weighted by molar-refractivity contribution is 5.66. The summed E-state index contributed by atoms with van der Waals surface area (Å²) in [6.45, 7) is 1.55. The van der Waals surface area contributed by atoms with Crippen molar-refractivity contribution < 1.29 is 35.5 Å². The van der Waals surface area contributed by atoms with E-state index < -0.39 is 35.3 Å². The number of alkyl halides is 6. The summed E-state index contributed by atoms with van der Waals surface area (Å²) in [5.41, 5.74) is 3.09. The number of ether oxygens (including phenoxy) is 1. The zero-order chi connectivity index (χ0) is 23.2. The third kappa shape index (κ3) is 4.70. The van der Waals surface area contributed by atoms with Crippen molar-refractivity contribution in [1.29, 1.82) is 0 Å². The first-order valence-corrected chi connectivity index (χ1v) is 8.49. The minimum absolute atomic E-state index is 0.0112. The molecule has 3 rings (SSSR count). The second-order valence-corrected chi connectivity index (χ2v) is 6.91. The van der Waals surface area contributed by atoms with Crippen molar-refractivity contribution in [3.05, 3.63) is 48.3 Å². The van der Waals surface area contributed by atoms with E-state index in [4.69, 9.17) is 10.5 Å². The standard InChI is InChI=1S/C18H14F7N5O/c1-16(2,18(23,24)25)31-12-4-9(3-10(19)5-12)13-6-14(26)29-30(13)11-7-27-15(28-8-11)17(20,21)22/h3-8H,1-2H3,(H2,26,29). The van der Waals surface area contributed by atoms with Crippen molar-refractivity contribution in [3.8, 4) is 22.7 Å². The van der Waals surface area contributed by atoms with Crippen LogP contribution < -0.4 is 10.5 Å². The van der Waals surface area contributed by atoms with Gasteiger partial charge < -0.3 is 10.5 Å². The van der Waals surface area contributed by atoms with Crippen LogP contribution in [0.2, 0.25) is 0 Å². The molecule has 0 unspecified atom stereocenters. The monoisotopic (exact) mass is 449 g/mol. The molecule has 0 saturated heterocycles. The van der Waals surface area contributed by atoms with Crippen LogP contribution >= 0.6 is 0 Å². The fourth-order valence-corrected chi connectivity index (χ4v) is 2.50. The summed E-state index contributed by atoms with van der Waals surface area (Å²) < 4.78 is 97.4. The number of aromatic nitrogens is 4. The number of hydrogen-bond donors (Lipinski definition) is 1. The van der Waals surface area contributed by atoms with E-state index in [2.05, 4.69) is 15.1 Å². The Hall–Kier alpha value is -3.38. The van der Waals surface area contributed by atoms with Crippen molar-refractivity contribution in [1.82, 2.24) is 19.7 Å². The molecular formula is C18H14F7N5O. The highest BCUT2D eigenvalue weighted by Crippen LogP contribution is 2.36. The molecule has 0 radical (unpaired) electrons. The number of rotatable bonds is 4. The Kier molecular flexibility index (Phi) is 5.32.